The van der Waals surface area contributed by atoms with Crippen LogP contribution in [-0.2, 0) is 25.7 Å². The van der Waals surface area contributed by atoms with E-state index in [0.29, 0.717) is 30.0 Å². The molecule has 0 radical (unpaired) electrons. The molecule has 1 aromatic rings. The van der Waals surface area contributed by atoms with Gasteiger partial charge in [-0.1, -0.05) is 54.0 Å². The molecule has 4 saturated carbocycles. The molecule has 1 heterocycles. The Hall–Kier alpha value is -2.52. The first-order valence-corrected chi connectivity index (χ1v) is 21.1. The minimum Gasteiger partial charge on any atom is -0.481 e. The fraction of sp³-hybridized carbons (Fsp3) is 0.822. The molecular formula is C45H71N3O6. The normalized spacial score (nSPS) is 36.2. The molecule has 0 amide bonds. The molecule has 54 heavy (non-hydrogen) atoms. The number of carbonyl (C=O) groups is 3. The largest absolute Gasteiger partial charge is 0.481 e. The fourth-order valence-corrected chi connectivity index (χ4v) is 13.4. The molecule has 9 nitrogen and oxygen atoms in total. The van der Waals surface area contributed by atoms with Gasteiger partial charge in [0.2, 0.25) is 0 Å². The van der Waals surface area contributed by atoms with Crippen LogP contribution in [0.2, 0.25) is 0 Å². The van der Waals surface area contributed by atoms with Crippen LogP contribution in [0, 0.1) is 56.2 Å². The number of oxazole rings is 1. The Balaban J connectivity index is 1.26. The Bertz CT molecular complexity index is 1610. The van der Waals surface area contributed by atoms with Crippen molar-refractivity contribution in [2.24, 2.45) is 56.2 Å². The first-order valence-electron chi connectivity index (χ1n) is 21.1. The Morgan fingerprint density at radius 3 is 2.31 bits per heavy atom. The van der Waals surface area contributed by atoms with Crippen LogP contribution in [-0.4, -0.2) is 77.4 Å². The van der Waals surface area contributed by atoms with Gasteiger partial charge in [0.15, 0.2) is 12.2 Å². The minimum atomic E-state index is -1.15. The van der Waals surface area contributed by atoms with E-state index >= 15 is 0 Å². The number of aromatic nitrogens is 1. The predicted molar refractivity (Wildman–Crippen MR) is 210 cm³/mol. The number of hydrogen-bond donors (Lipinski definition) is 1. The van der Waals surface area contributed by atoms with Gasteiger partial charge in [-0.15, -0.1) is 0 Å². The Morgan fingerprint density at radius 2 is 1.69 bits per heavy atom. The van der Waals surface area contributed by atoms with Crippen molar-refractivity contribution in [1.82, 2.24) is 14.8 Å². The summed E-state index contributed by atoms with van der Waals surface area (Å²) in [5.41, 5.74) is 1.57. The van der Waals surface area contributed by atoms with Crippen molar-refractivity contribution in [3.05, 3.63) is 29.5 Å². The van der Waals surface area contributed by atoms with Crippen LogP contribution < -0.4 is 0 Å². The Labute approximate surface area is 325 Å². The van der Waals surface area contributed by atoms with Gasteiger partial charge < -0.3 is 19.2 Å². The van der Waals surface area contributed by atoms with E-state index in [9.17, 15) is 19.5 Å². The molecule has 302 valence electrons. The van der Waals surface area contributed by atoms with Crippen LogP contribution in [0.3, 0.4) is 0 Å². The van der Waals surface area contributed by atoms with Crippen LogP contribution in [0.15, 0.2) is 28.2 Å². The predicted octanol–water partition coefficient (Wildman–Crippen LogP) is 8.82. The zero-order chi connectivity index (χ0) is 39.6. The molecule has 0 spiro atoms. The Morgan fingerprint density at radius 1 is 0.963 bits per heavy atom. The molecule has 4 fully saturated rings. The summed E-state index contributed by atoms with van der Waals surface area (Å²) in [5, 5.41) is 9.64. The van der Waals surface area contributed by atoms with E-state index in [1.54, 1.807) is 13.8 Å². The number of carboxylic acid groups (broad SMARTS) is 1. The highest BCUT2D eigenvalue weighted by atomic mass is 16.5. The van der Waals surface area contributed by atoms with Crippen molar-refractivity contribution in [1.29, 1.82) is 0 Å². The minimum absolute atomic E-state index is 0.0813. The van der Waals surface area contributed by atoms with E-state index in [2.05, 4.69) is 77.3 Å². The summed E-state index contributed by atoms with van der Waals surface area (Å²) in [5.74, 6) is 1.47. The third kappa shape index (κ3) is 6.83. The van der Waals surface area contributed by atoms with Gasteiger partial charge in [0.05, 0.1) is 24.6 Å². The van der Waals surface area contributed by atoms with Crippen LogP contribution in [0.1, 0.15) is 139 Å². The standard InChI is InChI=1S/C45H71N3O6/c1-29(2)37-32(49)24-45(20-21-48(23-22-47(10)11)27-30-26-46-28-53-30)19-18-43(8)31(38(37)45)12-13-34-42(7)16-15-35(54-36(50)25-40(3,4)39(51)52)41(5,6)33(42)14-17-44(34,43)9/h26,28-29,31,33-35H,12-25,27H2,1-11H3,(H,51,52)/t31-,33?,34?,35+,42+,43-,44-,45-/m1/s1. The number of likely N-dealkylation sites (N-methyl/N-ethyl adjacent to an activating group) is 1. The van der Waals surface area contributed by atoms with Crippen molar-refractivity contribution in [3.8, 4) is 0 Å². The van der Waals surface area contributed by atoms with Gasteiger partial charge in [-0.05, 0) is 138 Å². The molecule has 0 aromatic carbocycles. The van der Waals surface area contributed by atoms with Crippen molar-refractivity contribution in [2.75, 3.05) is 33.7 Å². The average Bonchev–Trinajstić information content (AvgIpc) is 3.69. The van der Waals surface area contributed by atoms with Gasteiger partial charge in [-0.3, -0.25) is 19.3 Å². The molecule has 6 rings (SSSR count). The number of nitrogens with zero attached hydrogens (tertiary/aromatic N) is 3. The molecule has 5 aliphatic carbocycles. The summed E-state index contributed by atoms with van der Waals surface area (Å²) >= 11 is 0. The average molecular weight is 750 g/mol. The first-order chi connectivity index (χ1) is 25.1. The zero-order valence-corrected chi connectivity index (χ0v) is 35.5. The third-order valence-corrected chi connectivity index (χ3v) is 16.6. The number of ketones is 1. The van der Waals surface area contributed by atoms with E-state index in [4.69, 9.17) is 9.15 Å². The zero-order valence-electron chi connectivity index (χ0n) is 35.5. The number of carbonyl (C=O) groups excluding carboxylic acids is 2. The van der Waals surface area contributed by atoms with E-state index in [1.165, 1.54) is 12.0 Å². The number of aliphatic carboxylic acids is 1. The van der Waals surface area contributed by atoms with Crippen molar-refractivity contribution in [2.45, 2.75) is 146 Å². The number of hydrogen-bond acceptors (Lipinski definition) is 8. The second kappa shape index (κ2) is 14.5. The summed E-state index contributed by atoms with van der Waals surface area (Å²) in [6.45, 7) is 23.6. The van der Waals surface area contributed by atoms with Crippen molar-refractivity contribution >= 4 is 17.7 Å². The summed E-state index contributed by atoms with van der Waals surface area (Å²) in [4.78, 5) is 48.0. The smallest absolute Gasteiger partial charge is 0.309 e. The van der Waals surface area contributed by atoms with Crippen LogP contribution in [0.4, 0.5) is 0 Å². The summed E-state index contributed by atoms with van der Waals surface area (Å²) in [6, 6.07) is 0. The van der Waals surface area contributed by atoms with Gasteiger partial charge in [0, 0.05) is 30.3 Å². The van der Waals surface area contributed by atoms with Crippen LogP contribution in [0.25, 0.3) is 0 Å². The van der Waals surface area contributed by atoms with E-state index in [1.807, 2.05) is 6.20 Å². The topological polar surface area (TPSA) is 113 Å². The lowest BCUT2D eigenvalue weighted by molar-refractivity contribution is -0.233. The second-order valence-electron chi connectivity index (χ2n) is 21.0. The molecular weight excluding hydrogens is 679 g/mol. The van der Waals surface area contributed by atoms with Gasteiger partial charge in [0.1, 0.15) is 11.9 Å². The number of esters is 1. The number of allylic oxidation sites excluding steroid dienone is 2. The summed E-state index contributed by atoms with van der Waals surface area (Å²) in [7, 11) is 4.24. The number of ether oxygens (including phenoxy) is 1. The quantitative estimate of drug-likeness (QED) is 0.198. The molecule has 9 heteroatoms. The van der Waals surface area contributed by atoms with Gasteiger partial charge in [0.25, 0.3) is 0 Å². The van der Waals surface area contributed by atoms with Crippen LogP contribution in [0.5, 0.6) is 0 Å². The maximum absolute atomic E-state index is 14.2. The lowest BCUT2D eigenvalue weighted by Gasteiger charge is -2.72. The van der Waals surface area contributed by atoms with E-state index in [0.717, 1.165) is 95.3 Å². The summed E-state index contributed by atoms with van der Waals surface area (Å²) < 4.78 is 11.9. The van der Waals surface area contributed by atoms with E-state index in [-0.39, 0.29) is 45.5 Å². The SMILES string of the molecule is CC(C)C1=C2[C@H]3CCC4[C@@]5(C)CC[C@H](OC(=O)CC(C)(C)C(=O)O)C(C)(C)C5CC[C@@]4(C)[C@]3(C)CC[C@@]2(CCN(CCN(C)C)Cc2cnco2)CC1=O. The number of fused-ring (bicyclic) bond motifs is 7. The molecule has 5 aliphatic rings. The highest BCUT2D eigenvalue weighted by Gasteiger charge is 2.70. The molecule has 1 aromatic heterocycles. The van der Waals surface area contributed by atoms with E-state index < -0.39 is 17.4 Å². The molecule has 1 N–H and O–H groups in total. The van der Waals surface area contributed by atoms with Crippen molar-refractivity contribution in [3.63, 3.8) is 0 Å². The lowest BCUT2D eigenvalue weighted by Crippen LogP contribution is -2.65. The van der Waals surface area contributed by atoms with Gasteiger partial charge in [-0.25, -0.2) is 4.98 Å². The highest BCUT2D eigenvalue weighted by molar-refractivity contribution is 6.00. The maximum atomic E-state index is 14.2. The first kappa shape index (κ1) is 41.1. The third-order valence-electron chi connectivity index (χ3n) is 16.6. The lowest BCUT2D eigenvalue weighted by atomic mass is 9.33. The number of rotatable bonds is 13. The summed E-state index contributed by atoms with van der Waals surface area (Å²) in [6.07, 6.45) is 13.2. The fourth-order valence-electron chi connectivity index (χ4n) is 13.4. The molecule has 0 saturated heterocycles. The number of carboxylic acids is 1. The van der Waals surface area contributed by atoms with Gasteiger partial charge in [-0.2, -0.15) is 0 Å². The molecule has 0 aliphatic heterocycles. The van der Waals surface area contributed by atoms with Crippen LogP contribution >= 0.6 is 0 Å². The molecule has 0 bridgehead atoms. The second-order valence-corrected chi connectivity index (χ2v) is 21.0. The maximum Gasteiger partial charge on any atom is 0.309 e. The highest BCUT2D eigenvalue weighted by Crippen LogP contribution is 2.77. The number of Topliss-reactive ketones (excluding diaryl/α,β-unsaturated/α-hetero) is 1. The monoisotopic (exact) mass is 750 g/mol. The Kier molecular flexibility index (Phi) is 11.0. The molecule has 8 atom stereocenters. The van der Waals surface area contributed by atoms with Gasteiger partial charge >= 0.3 is 11.9 Å². The molecule has 2 unspecified atom stereocenters. The van der Waals surface area contributed by atoms with Crippen molar-refractivity contribution < 1.29 is 28.6 Å².